The zero-order valence-electron chi connectivity index (χ0n) is 12.8. The molecule has 4 nitrogen and oxygen atoms in total. The summed E-state index contributed by atoms with van der Waals surface area (Å²) in [5, 5.41) is 8.96. The van der Waals surface area contributed by atoms with Crippen molar-refractivity contribution in [2.24, 2.45) is 0 Å². The zero-order valence-corrected chi connectivity index (χ0v) is 13.6. The first-order valence-electron chi connectivity index (χ1n) is 7.85. The highest BCUT2D eigenvalue weighted by Gasteiger charge is 2.21. The predicted octanol–water partition coefficient (Wildman–Crippen LogP) is 3.75. The summed E-state index contributed by atoms with van der Waals surface area (Å²) in [6, 6.07) is 0. The van der Waals surface area contributed by atoms with Crippen molar-refractivity contribution in [3.05, 3.63) is 6.92 Å². The van der Waals surface area contributed by atoms with Gasteiger partial charge < -0.3 is 5.11 Å². The molecule has 5 heteroatoms. The molecule has 0 rings (SSSR count). The summed E-state index contributed by atoms with van der Waals surface area (Å²) in [5.74, 6) is 0. The van der Waals surface area contributed by atoms with Gasteiger partial charge in [0.1, 0.15) is 0 Å². The molecule has 0 aromatic carbocycles. The Bertz CT molecular complexity index is 314. The Morgan fingerprint density at radius 2 is 1.50 bits per heavy atom. The molecule has 0 saturated carbocycles. The van der Waals surface area contributed by atoms with Crippen molar-refractivity contribution in [3.63, 3.8) is 0 Å². The summed E-state index contributed by atoms with van der Waals surface area (Å²) in [7, 11) is -4.02. The molecular formula is C15H31O4S. The zero-order chi connectivity index (χ0) is 15.4. The second-order valence-corrected chi connectivity index (χ2v) is 7.26. The van der Waals surface area contributed by atoms with Crippen LogP contribution in [-0.4, -0.2) is 29.4 Å². The van der Waals surface area contributed by atoms with Crippen molar-refractivity contribution in [1.29, 1.82) is 0 Å². The molecule has 2 atom stereocenters. The molecule has 2 unspecified atom stereocenters. The van der Waals surface area contributed by atoms with Gasteiger partial charge in [0.05, 0.1) is 11.4 Å². The molecule has 0 aromatic rings. The molecule has 1 radical (unpaired) electrons. The van der Waals surface area contributed by atoms with Crippen LogP contribution in [-0.2, 0) is 10.1 Å². The molecule has 20 heavy (non-hydrogen) atoms. The number of unbranched alkanes of at least 4 members (excludes halogenated alkanes) is 6. The van der Waals surface area contributed by atoms with Gasteiger partial charge in [-0.05, 0) is 25.7 Å². The minimum Gasteiger partial charge on any atom is -0.393 e. The number of rotatable bonds is 13. The van der Waals surface area contributed by atoms with Crippen LogP contribution in [0, 0.1) is 6.92 Å². The summed E-state index contributed by atoms with van der Waals surface area (Å²) in [6.45, 7) is 5.72. The molecule has 0 aliphatic rings. The van der Waals surface area contributed by atoms with E-state index in [-0.39, 0.29) is 12.8 Å². The van der Waals surface area contributed by atoms with Gasteiger partial charge in [-0.1, -0.05) is 58.8 Å². The lowest BCUT2D eigenvalue weighted by Gasteiger charge is -2.14. The third-order valence-electron chi connectivity index (χ3n) is 3.71. The van der Waals surface area contributed by atoms with Gasteiger partial charge in [-0.15, -0.1) is 0 Å². The second-order valence-electron chi connectivity index (χ2n) is 5.57. The summed E-state index contributed by atoms with van der Waals surface area (Å²) in [4.78, 5) is 0. The summed E-state index contributed by atoms with van der Waals surface area (Å²) in [5.41, 5.74) is 0. The molecule has 0 aliphatic heterocycles. The van der Waals surface area contributed by atoms with Crippen LogP contribution in [0.25, 0.3) is 0 Å². The van der Waals surface area contributed by atoms with E-state index in [9.17, 15) is 13.5 Å². The van der Waals surface area contributed by atoms with Gasteiger partial charge >= 0.3 is 0 Å². The number of aliphatic hydroxyl groups is 1. The second kappa shape index (κ2) is 11.5. The van der Waals surface area contributed by atoms with E-state index in [1.807, 2.05) is 0 Å². The van der Waals surface area contributed by atoms with Crippen molar-refractivity contribution in [1.82, 2.24) is 0 Å². The fourth-order valence-electron chi connectivity index (χ4n) is 2.30. The fraction of sp³-hybridized carbons (Fsp3) is 0.933. The summed E-state index contributed by atoms with van der Waals surface area (Å²) in [6.07, 6.45) is 9.48. The van der Waals surface area contributed by atoms with Gasteiger partial charge in [0.2, 0.25) is 0 Å². The van der Waals surface area contributed by atoms with Crippen LogP contribution in [0.5, 0.6) is 0 Å². The van der Waals surface area contributed by atoms with Crippen molar-refractivity contribution in [3.8, 4) is 0 Å². The van der Waals surface area contributed by atoms with E-state index in [4.69, 9.17) is 4.55 Å². The fourth-order valence-corrected chi connectivity index (χ4v) is 3.03. The van der Waals surface area contributed by atoms with E-state index in [0.29, 0.717) is 12.8 Å². The van der Waals surface area contributed by atoms with E-state index >= 15 is 0 Å². The number of hydrogen-bond acceptors (Lipinski definition) is 3. The lowest BCUT2D eigenvalue weighted by Crippen LogP contribution is -2.21. The maximum absolute atomic E-state index is 11.0. The van der Waals surface area contributed by atoms with Crippen LogP contribution in [0.3, 0.4) is 0 Å². The van der Waals surface area contributed by atoms with Crippen molar-refractivity contribution in [2.45, 2.75) is 88.9 Å². The van der Waals surface area contributed by atoms with Crippen LogP contribution in [0.4, 0.5) is 0 Å². The molecule has 2 N–H and O–H groups in total. The highest BCUT2D eigenvalue weighted by atomic mass is 32.2. The third kappa shape index (κ3) is 10.6. The first kappa shape index (κ1) is 19.9. The SMILES string of the molecule is [CH2]CC(CCC(O)CCCCCCCCC)S(=O)(=O)O. The van der Waals surface area contributed by atoms with E-state index in [2.05, 4.69) is 13.8 Å². The van der Waals surface area contributed by atoms with Gasteiger partial charge in [-0.2, -0.15) is 8.42 Å². The van der Waals surface area contributed by atoms with E-state index in [1.54, 1.807) is 0 Å². The maximum Gasteiger partial charge on any atom is 0.267 e. The van der Waals surface area contributed by atoms with E-state index in [1.165, 1.54) is 32.1 Å². The monoisotopic (exact) mass is 307 g/mol. The smallest absolute Gasteiger partial charge is 0.267 e. The van der Waals surface area contributed by atoms with Crippen molar-refractivity contribution in [2.75, 3.05) is 0 Å². The Hall–Kier alpha value is -0.130. The maximum atomic E-state index is 11.0. The molecule has 0 fully saturated rings. The molecular weight excluding hydrogens is 276 g/mol. The predicted molar refractivity (Wildman–Crippen MR) is 83.2 cm³/mol. The lowest BCUT2D eigenvalue weighted by molar-refractivity contribution is 0.147. The Balaban J connectivity index is 3.61. The largest absolute Gasteiger partial charge is 0.393 e. The lowest BCUT2D eigenvalue weighted by atomic mass is 10.0. The Kier molecular flexibility index (Phi) is 11.4. The Morgan fingerprint density at radius 1 is 0.950 bits per heavy atom. The summed E-state index contributed by atoms with van der Waals surface area (Å²) < 4.78 is 30.9. The topological polar surface area (TPSA) is 74.6 Å². The van der Waals surface area contributed by atoms with E-state index in [0.717, 1.165) is 12.8 Å². The minimum absolute atomic E-state index is 0.142. The normalized spacial score (nSPS) is 15.2. The molecule has 0 saturated heterocycles. The Labute approximate surface area is 124 Å². The minimum atomic E-state index is -4.02. The molecule has 0 amide bonds. The first-order chi connectivity index (χ1) is 9.41. The standard InChI is InChI=1S/C15H31O4S/c1-3-5-6-7-8-9-10-11-14(16)12-13-15(4-2)20(17,18)19/h14-16H,2-13H2,1H3,(H,17,18,19). The average molecular weight is 307 g/mol. The summed E-state index contributed by atoms with van der Waals surface area (Å²) >= 11 is 0. The van der Waals surface area contributed by atoms with Crippen LogP contribution in [0.2, 0.25) is 0 Å². The molecule has 0 heterocycles. The first-order valence-corrected chi connectivity index (χ1v) is 9.35. The highest BCUT2D eigenvalue weighted by molar-refractivity contribution is 7.86. The van der Waals surface area contributed by atoms with Crippen LogP contribution in [0.1, 0.15) is 77.6 Å². The quantitative estimate of drug-likeness (QED) is 0.401. The van der Waals surface area contributed by atoms with Crippen LogP contribution >= 0.6 is 0 Å². The molecule has 0 aromatic heterocycles. The van der Waals surface area contributed by atoms with Crippen molar-refractivity contribution < 1.29 is 18.1 Å². The van der Waals surface area contributed by atoms with Gasteiger partial charge in [0.15, 0.2) is 0 Å². The number of hydrogen-bond donors (Lipinski definition) is 2. The van der Waals surface area contributed by atoms with Gasteiger partial charge in [0, 0.05) is 0 Å². The number of aliphatic hydroxyl groups excluding tert-OH is 1. The van der Waals surface area contributed by atoms with Crippen molar-refractivity contribution >= 4 is 10.1 Å². The molecule has 121 valence electrons. The third-order valence-corrected chi connectivity index (χ3v) is 5.02. The van der Waals surface area contributed by atoms with Gasteiger partial charge in [-0.3, -0.25) is 4.55 Å². The molecule has 0 spiro atoms. The highest BCUT2D eigenvalue weighted by Crippen LogP contribution is 2.16. The van der Waals surface area contributed by atoms with Gasteiger partial charge in [0.25, 0.3) is 10.1 Å². The van der Waals surface area contributed by atoms with Gasteiger partial charge in [-0.25, -0.2) is 0 Å². The molecule has 0 bridgehead atoms. The Morgan fingerprint density at radius 3 is 2.00 bits per heavy atom. The van der Waals surface area contributed by atoms with E-state index < -0.39 is 21.5 Å². The van der Waals surface area contributed by atoms with Crippen LogP contribution < -0.4 is 0 Å². The molecule has 0 aliphatic carbocycles. The average Bonchev–Trinajstić information content (AvgIpc) is 2.36. The van der Waals surface area contributed by atoms with Crippen LogP contribution in [0.15, 0.2) is 0 Å².